The Morgan fingerprint density at radius 3 is 2.59 bits per heavy atom. The highest BCUT2D eigenvalue weighted by atomic mass is 16.1. The summed E-state index contributed by atoms with van der Waals surface area (Å²) >= 11 is 0. The lowest BCUT2D eigenvalue weighted by Gasteiger charge is -2.34. The van der Waals surface area contributed by atoms with E-state index in [0.29, 0.717) is 12.3 Å². The third kappa shape index (κ3) is 2.78. The lowest BCUT2D eigenvalue weighted by atomic mass is 9.72. The Bertz CT molecular complexity index is 484. The summed E-state index contributed by atoms with van der Waals surface area (Å²) in [5, 5.41) is 2.99. The minimum Gasteiger partial charge on any atom is -0.352 e. The van der Waals surface area contributed by atoms with E-state index >= 15 is 0 Å². The first-order chi connectivity index (χ1) is 10.6. The van der Waals surface area contributed by atoms with E-state index in [-0.39, 0.29) is 11.7 Å². The zero-order chi connectivity index (χ0) is 15.7. The summed E-state index contributed by atoms with van der Waals surface area (Å²) in [5.74, 6) is 4.84. The second-order valence-corrected chi connectivity index (χ2v) is 7.39. The minimum absolute atomic E-state index is 0.0495. The molecular formula is C19H27NO2. The van der Waals surface area contributed by atoms with E-state index in [1.165, 1.54) is 37.8 Å². The van der Waals surface area contributed by atoms with Gasteiger partial charge in [-0.25, -0.2) is 0 Å². The third-order valence-electron chi connectivity index (χ3n) is 6.50. The molecule has 0 aromatic carbocycles. The molecule has 0 heterocycles. The molecule has 0 radical (unpaired) electrons. The van der Waals surface area contributed by atoms with Crippen LogP contribution in [-0.2, 0) is 9.59 Å². The summed E-state index contributed by atoms with van der Waals surface area (Å²) in [4.78, 5) is 22.8. The largest absolute Gasteiger partial charge is 0.352 e. The van der Waals surface area contributed by atoms with Crippen LogP contribution in [0.2, 0.25) is 0 Å². The van der Waals surface area contributed by atoms with Crippen LogP contribution in [0.15, 0.2) is 25.3 Å². The van der Waals surface area contributed by atoms with E-state index in [1.807, 2.05) is 0 Å². The fourth-order valence-corrected chi connectivity index (χ4v) is 5.72. The fraction of sp³-hybridized carbons (Fsp3) is 0.684. The van der Waals surface area contributed by atoms with E-state index in [2.05, 4.69) is 18.5 Å². The molecule has 3 fully saturated rings. The van der Waals surface area contributed by atoms with Crippen molar-refractivity contribution in [2.24, 2.45) is 35.5 Å². The number of fused-ring (bicyclic) bond motifs is 5. The molecule has 3 rings (SSSR count). The van der Waals surface area contributed by atoms with Gasteiger partial charge in [-0.05, 0) is 79.8 Å². The minimum atomic E-state index is -0.0495. The Hall–Kier alpha value is -1.38. The van der Waals surface area contributed by atoms with E-state index in [0.717, 1.165) is 42.6 Å². The number of allylic oxidation sites excluding steroid dienone is 1. The first kappa shape index (κ1) is 15.5. The summed E-state index contributed by atoms with van der Waals surface area (Å²) in [6, 6.07) is 0. The van der Waals surface area contributed by atoms with Crippen molar-refractivity contribution in [1.82, 2.24) is 5.32 Å². The Kier molecular flexibility index (Phi) is 4.51. The molecule has 0 aromatic rings. The van der Waals surface area contributed by atoms with Crippen molar-refractivity contribution >= 4 is 11.7 Å². The molecule has 120 valence electrons. The molecule has 22 heavy (non-hydrogen) atoms. The summed E-state index contributed by atoms with van der Waals surface area (Å²) in [5.41, 5.74) is 0. The maximum Gasteiger partial charge on any atom is 0.243 e. The van der Waals surface area contributed by atoms with Crippen LogP contribution >= 0.6 is 0 Å². The van der Waals surface area contributed by atoms with Crippen molar-refractivity contribution in [3.8, 4) is 0 Å². The normalized spacial score (nSPS) is 38.5. The molecule has 0 spiro atoms. The van der Waals surface area contributed by atoms with E-state index in [4.69, 9.17) is 0 Å². The highest BCUT2D eigenvalue weighted by Gasteiger charge is 2.56. The predicted octanol–water partition coefficient (Wildman–Crippen LogP) is 3.12. The maximum absolute atomic E-state index is 11.5. The molecular weight excluding hydrogens is 274 g/mol. The van der Waals surface area contributed by atoms with Crippen LogP contribution in [-0.4, -0.2) is 18.2 Å². The molecule has 2 bridgehead atoms. The van der Waals surface area contributed by atoms with Crippen molar-refractivity contribution < 1.29 is 9.59 Å². The van der Waals surface area contributed by atoms with Gasteiger partial charge in [-0.1, -0.05) is 13.2 Å². The summed E-state index contributed by atoms with van der Waals surface area (Å²) in [7, 11) is 0. The molecule has 6 atom stereocenters. The molecule has 0 aliphatic heterocycles. The Morgan fingerprint density at radius 2 is 1.86 bits per heavy atom. The van der Waals surface area contributed by atoms with Gasteiger partial charge in [0.15, 0.2) is 5.78 Å². The second-order valence-electron chi connectivity index (χ2n) is 7.39. The van der Waals surface area contributed by atoms with Crippen LogP contribution in [0.4, 0.5) is 0 Å². The van der Waals surface area contributed by atoms with Gasteiger partial charge in [-0.3, -0.25) is 9.59 Å². The number of carbonyl (C=O) groups excluding carboxylic acids is 2. The highest BCUT2D eigenvalue weighted by Crippen LogP contribution is 2.63. The van der Waals surface area contributed by atoms with E-state index in [1.54, 1.807) is 0 Å². The first-order valence-electron chi connectivity index (χ1n) is 8.69. The van der Waals surface area contributed by atoms with Crippen LogP contribution in [0.3, 0.4) is 0 Å². The standard InChI is InChI=1S/C19H27NO2/c1-3-15(21)7-5-12-6-8-16-17-10-13(19(12)16)9-14(17)11-20-18(22)4-2/h3-4,12-14,16-17,19H,1-2,5-11H2,(H,20,22). The quantitative estimate of drug-likeness (QED) is 0.734. The monoisotopic (exact) mass is 301 g/mol. The van der Waals surface area contributed by atoms with Crippen molar-refractivity contribution in [1.29, 1.82) is 0 Å². The molecule has 3 nitrogen and oxygen atoms in total. The predicted molar refractivity (Wildman–Crippen MR) is 87.1 cm³/mol. The number of amides is 1. The van der Waals surface area contributed by atoms with E-state index in [9.17, 15) is 9.59 Å². The van der Waals surface area contributed by atoms with Gasteiger partial charge in [0.2, 0.25) is 5.91 Å². The molecule has 3 aliphatic rings. The Balaban J connectivity index is 1.55. The van der Waals surface area contributed by atoms with Crippen LogP contribution in [0.1, 0.15) is 38.5 Å². The van der Waals surface area contributed by atoms with Gasteiger partial charge < -0.3 is 5.32 Å². The molecule has 3 aliphatic carbocycles. The van der Waals surface area contributed by atoms with Crippen molar-refractivity contribution in [2.75, 3.05) is 6.54 Å². The van der Waals surface area contributed by atoms with Gasteiger partial charge in [0, 0.05) is 13.0 Å². The molecule has 1 N–H and O–H groups in total. The molecule has 1 amide bonds. The average Bonchev–Trinajstić information content (AvgIpc) is 3.21. The molecule has 3 heteroatoms. The number of hydrogen-bond acceptors (Lipinski definition) is 2. The number of ketones is 1. The Morgan fingerprint density at radius 1 is 1.05 bits per heavy atom. The Labute approximate surface area is 133 Å². The summed E-state index contributed by atoms with van der Waals surface area (Å²) in [6.45, 7) is 7.90. The van der Waals surface area contributed by atoms with Crippen LogP contribution in [0, 0.1) is 35.5 Å². The molecule has 0 aromatic heterocycles. The van der Waals surface area contributed by atoms with Crippen molar-refractivity contribution in [3.63, 3.8) is 0 Å². The highest BCUT2D eigenvalue weighted by molar-refractivity contribution is 5.89. The van der Waals surface area contributed by atoms with Gasteiger partial charge in [-0.2, -0.15) is 0 Å². The van der Waals surface area contributed by atoms with Crippen molar-refractivity contribution in [2.45, 2.75) is 38.5 Å². The third-order valence-corrected chi connectivity index (χ3v) is 6.50. The number of rotatable bonds is 7. The average molecular weight is 301 g/mol. The zero-order valence-electron chi connectivity index (χ0n) is 13.3. The zero-order valence-corrected chi connectivity index (χ0v) is 13.3. The van der Waals surface area contributed by atoms with Gasteiger partial charge in [0.1, 0.15) is 0 Å². The molecule has 3 saturated carbocycles. The summed E-state index contributed by atoms with van der Waals surface area (Å²) in [6.07, 6.45) is 9.76. The SMILES string of the molecule is C=CC(=O)CCC1CCC2C3CC(CC3CNC(=O)C=C)C12. The molecule has 0 saturated heterocycles. The lowest BCUT2D eigenvalue weighted by molar-refractivity contribution is -0.117. The molecule has 6 unspecified atom stereocenters. The van der Waals surface area contributed by atoms with E-state index < -0.39 is 0 Å². The van der Waals surface area contributed by atoms with Gasteiger partial charge in [0.05, 0.1) is 0 Å². The number of carbonyl (C=O) groups is 2. The first-order valence-corrected chi connectivity index (χ1v) is 8.69. The van der Waals surface area contributed by atoms with Gasteiger partial charge >= 0.3 is 0 Å². The van der Waals surface area contributed by atoms with Crippen LogP contribution < -0.4 is 5.32 Å². The van der Waals surface area contributed by atoms with Crippen LogP contribution in [0.5, 0.6) is 0 Å². The smallest absolute Gasteiger partial charge is 0.243 e. The second kappa shape index (κ2) is 6.39. The van der Waals surface area contributed by atoms with Gasteiger partial charge in [-0.15, -0.1) is 0 Å². The summed E-state index contributed by atoms with van der Waals surface area (Å²) < 4.78 is 0. The topological polar surface area (TPSA) is 46.2 Å². The maximum atomic E-state index is 11.5. The number of nitrogens with one attached hydrogen (secondary N) is 1. The van der Waals surface area contributed by atoms with Crippen molar-refractivity contribution in [3.05, 3.63) is 25.3 Å². The fourth-order valence-electron chi connectivity index (χ4n) is 5.72. The number of hydrogen-bond donors (Lipinski definition) is 1. The lowest BCUT2D eigenvalue weighted by Crippen LogP contribution is -2.35. The van der Waals surface area contributed by atoms with Crippen LogP contribution in [0.25, 0.3) is 0 Å². The van der Waals surface area contributed by atoms with Gasteiger partial charge in [0.25, 0.3) is 0 Å².